The predicted octanol–water partition coefficient (Wildman–Crippen LogP) is 3.77. The molecule has 0 fully saturated rings. The number of nitrogens with zero attached hydrogens (tertiary/aromatic N) is 2. The summed E-state index contributed by atoms with van der Waals surface area (Å²) in [6, 6.07) is 7.69. The Hall–Kier alpha value is -2.96. The van der Waals surface area contributed by atoms with Crippen molar-refractivity contribution in [1.29, 1.82) is 0 Å². The molecule has 0 aromatic carbocycles. The van der Waals surface area contributed by atoms with Crippen molar-refractivity contribution in [3.63, 3.8) is 0 Å². The Morgan fingerprint density at radius 1 is 1.23 bits per heavy atom. The van der Waals surface area contributed by atoms with Crippen molar-refractivity contribution in [2.75, 3.05) is 19.0 Å². The van der Waals surface area contributed by atoms with Crippen LogP contribution >= 0.6 is 0 Å². The van der Waals surface area contributed by atoms with Crippen molar-refractivity contribution >= 4 is 17.6 Å². The number of aliphatic carboxylic acids is 1. The minimum Gasteiger partial charge on any atom is -0.481 e. The van der Waals surface area contributed by atoms with Gasteiger partial charge in [-0.15, -0.1) is 0 Å². The minimum atomic E-state index is -0.853. The lowest BCUT2D eigenvalue weighted by atomic mass is 9.91. The first-order valence-corrected chi connectivity index (χ1v) is 10.5. The number of fused-ring (bicyclic) bond motifs is 1. The van der Waals surface area contributed by atoms with Gasteiger partial charge in [-0.25, -0.2) is 9.97 Å². The van der Waals surface area contributed by atoms with Gasteiger partial charge in [0.2, 0.25) is 5.88 Å². The third-order valence-electron chi connectivity index (χ3n) is 5.48. The lowest BCUT2D eigenvalue weighted by Gasteiger charge is -2.17. The quantitative estimate of drug-likeness (QED) is 0.580. The number of Topliss-reactive ketones (excluding diaryl/α,β-unsaturated/α-hetero) is 1. The summed E-state index contributed by atoms with van der Waals surface area (Å²) in [5.74, 6) is 0.616. The highest BCUT2D eigenvalue weighted by molar-refractivity contribution is 5.78. The van der Waals surface area contributed by atoms with Crippen molar-refractivity contribution in [3.8, 4) is 5.88 Å². The molecule has 2 N–H and O–H groups in total. The second kappa shape index (κ2) is 10.7. The molecule has 1 aliphatic rings. The van der Waals surface area contributed by atoms with Gasteiger partial charge in [-0.05, 0) is 55.2 Å². The molecule has 1 aliphatic heterocycles. The van der Waals surface area contributed by atoms with Gasteiger partial charge in [0.15, 0.2) is 0 Å². The normalized spacial score (nSPS) is 13.8. The first-order chi connectivity index (χ1) is 14.5. The SMILES string of the molecule is COc1ccc([C@H](CCCC(=O)CCc2ccc3c(n2)NCCC3)CC(=O)O)cn1. The highest BCUT2D eigenvalue weighted by atomic mass is 16.5. The zero-order chi connectivity index (χ0) is 21.3. The maximum atomic E-state index is 12.3. The summed E-state index contributed by atoms with van der Waals surface area (Å²) in [5.41, 5.74) is 3.04. The van der Waals surface area contributed by atoms with Crippen LogP contribution in [0, 0.1) is 0 Å². The summed E-state index contributed by atoms with van der Waals surface area (Å²) < 4.78 is 5.06. The fourth-order valence-electron chi connectivity index (χ4n) is 3.80. The number of carbonyl (C=O) groups excluding carboxylic acids is 1. The van der Waals surface area contributed by atoms with Crippen LogP contribution in [-0.2, 0) is 22.4 Å². The number of hydrogen-bond acceptors (Lipinski definition) is 6. The van der Waals surface area contributed by atoms with Gasteiger partial charge in [0.1, 0.15) is 11.6 Å². The van der Waals surface area contributed by atoms with E-state index in [0.29, 0.717) is 38.0 Å². The molecule has 7 heteroatoms. The van der Waals surface area contributed by atoms with Crippen LogP contribution in [0.25, 0.3) is 0 Å². The number of ketones is 1. The molecule has 0 radical (unpaired) electrons. The summed E-state index contributed by atoms with van der Waals surface area (Å²) in [7, 11) is 1.54. The molecule has 7 nitrogen and oxygen atoms in total. The van der Waals surface area contributed by atoms with Crippen LogP contribution in [0.2, 0.25) is 0 Å². The summed E-state index contributed by atoms with van der Waals surface area (Å²) in [6.07, 6.45) is 6.68. The molecule has 0 aliphatic carbocycles. The summed E-state index contributed by atoms with van der Waals surface area (Å²) in [5, 5.41) is 12.5. The Morgan fingerprint density at radius 2 is 2.10 bits per heavy atom. The highest BCUT2D eigenvalue weighted by Crippen LogP contribution is 2.27. The molecular weight excluding hydrogens is 382 g/mol. The molecule has 2 aromatic rings. The van der Waals surface area contributed by atoms with Crippen molar-refractivity contribution in [2.45, 2.75) is 57.3 Å². The average Bonchev–Trinajstić information content (AvgIpc) is 2.76. The lowest BCUT2D eigenvalue weighted by Crippen LogP contribution is -2.14. The van der Waals surface area contributed by atoms with Crippen LogP contribution in [0.4, 0.5) is 5.82 Å². The number of anilines is 1. The predicted molar refractivity (Wildman–Crippen MR) is 114 cm³/mol. The van der Waals surface area contributed by atoms with Gasteiger partial charge in [0.05, 0.1) is 13.5 Å². The number of nitrogens with one attached hydrogen (secondary N) is 1. The van der Waals surface area contributed by atoms with E-state index in [1.807, 2.05) is 12.1 Å². The largest absolute Gasteiger partial charge is 0.481 e. The van der Waals surface area contributed by atoms with Crippen LogP contribution in [0.5, 0.6) is 5.88 Å². The number of carboxylic acids is 1. The van der Waals surface area contributed by atoms with E-state index in [-0.39, 0.29) is 18.1 Å². The van der Waals surface area contributed by atoms with Gasteiger partial charge < -0.3 is 15.2 Å². The van der Waals surface area contributed by atoms with Crippen molar-refractivity contribution in [3.05, 3.63) is 47.3 Å². The molecule has 1 atom stereocenters. The summed E-state index contributed by atoms with van der Waals surface area (Å²) in [4.78, 5) is 32.4. The second-order valence-electron chi connectivity index (χ2n) is 7.70. The van der Waals surface area contributed by atoms with Gasteiger partial charge in [0.25, 0.3) is 0 Å². The summed E-state index contributed by atoms with van der Waals surface area (Å²) in [6.45, 7) is 0.948. The molecule has 3 heterocycles. The monoisotopic (exact) mass is 411 g/mol. The van der Waals surface area contributed by atoms with Gasteiger partial charge in [-0.3, -0.25) is 9.59 Å². The van der Waals surface area contributed by atoms with Gasteiger partial charge >= 0.3 is 5.97 Å². The molecule has 160 valence electrons. The molecule has 0 unspecified atom stereocenters. The number of hydrogen-bond donors (Lipinski definition) is 2. The molecule has 0 saturated heterocycles. The summed E-state index contributed by atoms with van der Waals surface area (Å²) >= 11 is 0. The van der Waals surface area contributed by atoms with E-state index in [1.54, 1.807) is 19.4 Å². The zero-order valence-corrected chi connectivity index (χ0v) is 17.4. The molecule has 0 saturated carbocycles. The van der Waals surface area contributed by atoms with Crippen LogP contribution in [0.3, 0.4) is 0 Å². The van der Waals surface area contributed by atoms with Crippen molar-refractivity contribution < 1.29 is 19.4 Å². The fraction of sp³-hybridized carbons (Fsp3) is 0.478. The van der Waals surface area contributed by atoms with Crippen molar-refractivity contribution in [1.82, 2.24) is 9.97 Å². The molecule has 3 rings (SSSR count). The Balaban J connectivity index is 1.47. The molecule has 30 heavy (non-hydrogen) atoms. The third kappa shape index (κ3) is 6.27. The molecule has 0 spiro atoms. The molecule has 0 bridgehead atoms. The Labute approximate surface area is 176 Å². The fourth-order valence-corrected chi connectivity index (χ4v) is 3.80. The van der Waals surface area contributed by atoms with Crippen LogP contribution < -0.4 is 10.1 Å². The highest BCUT2D eigenvalue weighted by Gasteiger charge is 2.17. The molecule has 0 amide bonds. The van der Waals surface area contributed by atoms with E-state index in [4.69, 9.17) is 4.74 Å². The third-order valence-corrected chi connectivity index (χ3v) is 5.48. The van der Waals surface area contributed by atoms with E-state index in [9.17, 15) is 14.7 Å². The number of carboxylic acid groups (broad SMARTS) is 1. The van der Waals surface area contributed by atoms with Gasteiger partial charge in [0, 0.05) is 37.3 Å². The average molecular weight is 412 g/mol. The Morgan fingerprint density at radius 3 is 2.83 bits per heavy atom. The van der Waals surface area contributed by atoms with E-state index < -0.39 is 5.97 Å². The Kier molecular flexibility index (Phi) is 7.76. The van der Waals surface area contributed by atoms with E-state index in [0.717, 1.165) is 36.5 Å². The van der Waals surface area contributed by atoms with E-state index in [2.05, 4.69) is 21.4 Å². The molecule has 2 aromatic heterocycles. The van der Waals surface area contributed by atoms with E-state index in [1.165, 1.54) is 5.56 Å². The maximum Gasteiger partial charge on any atom is 0.303 e. The first-order valence-electron chi connectivity index (χ1n) is 10.5. The van der Waals surface area contributed by atoms with Crippen LogP contribution in [0.15, 0.2) is 30.5 Å². The maximum absolute atomic E-state index is 12.3. The minimum absolute atomic E-state index is 0.0221. The number of methoxy groups -OCH3 is 1. The van der Waals surface area contributed by atoms with Gasteiger partial charge in [-0.2, -0.15) is 0 Å². The lowest BCUT2D eigenvalue weighted by molar-refractivity contribution is -0.137. The molecular formula is C23H29N3O4. The zero-order valence-electron chi connectivity index (χ0n) is 17.4. The number of aromatic nitrogens is 2. The number of rotatable bonds is 11. The standard InChI is InChI=1S/C23H29N3O4/c1-30-21-12-8-18(15-25-21)17(14-22(28)29)4-2-6-20(27)11-10-19-9-7-16-5-3-13-24-23(16)26-19/h7-9,12,15,17H,2-6,10-11,13-14H2,1H3,(H,24,26)(H,28,29)/t17-/m1/s1. The topological polar surface area (TPSA) is 101 Å². The number of pyridine rings is 2. The second-order valence-corrected chi connectivity index (χ2v) is 7.70. The first kappa shape index (κ1) is 21.7. The Bertz CT molecular complexity index is 867. The number of carbonyl (C=O) groups is 2. The van der Waals surface area contributed by atoms with Crippen LogP contribution in [0.1, 0.15) is 61.3 Å². The number of ether oxygens (including phenoxy) is 1. The van der Waals surface area contributed by atoms with Gasteiger partial charge in [-0.1, -0.05) is 12.1 Å². The number of aryl methyl sites for hydroxylation is 2. The van der Waals surface area contributed by atoms with E-state index >= 15 is 0 Å². The smallest absolute Gasteiger partial charge is 0.303 e. The van der Waals surface area contributed by atoms with Crippen LogP contribution in [-0.4, -0.2) is 40.5 Å². The van der Waals surface area contributed by atoms with Crippen molar-refractivity contribution in [2.24, 2.45) is 0 Å².